The summed E-state index contributed by atoms with van der Waals surface area (Å²) in [6.07, 6.45) is -5.90. The van der Waals surface area contributed by atoms with Crippen molar-refractivity contribution >= 4 is 16.9 Å². The molecule has 0 spiro atoms. The number of piperidine rings is 1. The summed E-state index contributed by atoms with van der Waals surface area (Å²) in [7, 11) is 0. The van der Waals surface area contributed by atoms with Crippen molar-refractivity contribution in [1.29, 1.82) is 0 Å². The van der Waals surface area contributed by atoms with Crippen LogP contribution in [0.25, 0.3) is 11.0 Å². The molecule has 1 saturated heterocycles. The summed E-state index contributed by atoms with van der Waals surface area (Å²) in [6, 6.07) is 5.12. The molecular weight excluding hydrogens is 318 g/mol. The van der Waals surface area contributed by atoms with Crippen LogP contribution < -0.4 is 0 Å². The number of carbonyl (C=O) groups is 1. The molecule has 124 valence electrons. The van der Waals surface area contributed by atoms with Crippen LogP contribution in [0.5, 0.6) is 0 Å². The molecule has 1 aliphatic rings. The summed E-state index contributed by atoms with van der Waals surface area (Å²) in [5.41, 5.74) is -2.45. The van der Waals surface area contributed by atoms with Gasteiger partial charge in [0.05, 0.1) is 0 Å². The lowest BCUT2D eigenvalue weighted by Gasteiger charge is -2.38. The van der Waals surface area contributed by atoms with Crippen LogP contribution in [0.15, 0.2) is 28.7 Å². The fraction of sp³-hybridized carbons (Fsp3) is 0.400. The van der Waals surface area contributed by atoms with Crippen LogP contribution in [0, 0.1) is 5.82 Å². The van der Waals surface area contributed by atoms with Crippen molar-refractivity contribution in [3.05, 3.63) is 35.8 Å². The minimum Gasteiger partial charge on any atom is -0.451 e. The maximum atomic E-state index is 13.1. The van der Waals surface area contributed by atoms with E-state index < -0.39 is 36.3 Å². The van der Waals surface area contributed by atoms with Crippen LogP contribution in [0.4, 0.5) is 17.6 Å². The van der Waals surface area contributed by atoms with Crippen molar-refractivity contribution in [2.75, 3.05) is 13.1 Å². The molecule has 2 aromatic rings. The van der Waals surface area contributed by atoms with Gasteiger partial charge in [0.1, 0.15) is 11.4 Å². The van der Waals surface area contributed by atoms with Crippen molar-refractivity contribution in [3.8, 4) is 0 Å². The number of benzene rings is 1. The third-order valence-corrected chi connectivity index (χ3v) is 4.09. The summed E-state index contributed by atoms with van der Waals surface area (Å²) >= 11 is 0. The molecule has 2 heterocycles. The minimum atomic E-state index is -4.72. The topological polar surface area (TPSA) is 53.7 Å². The number of aliphatic hydroxyl groups is 1. The summed E-state index contributed by atoms with van der Waals surface area (Å²) in [4.78, 5) is 13.5. The number of hydrogen-bond donors (Lipinski definition) is 1. The molecule has 1 amide bonds. The van der Waals surface area contributed by atoms with Crippen LogP contribution >= 0.6 is 0 Å². The highest BCUT2D eigenvalue weighted by atomic mass is 19.4. The van der Waals surface area contributed by atoms with Crippen molar-refractivity contribution < 1.29 is 31.9 Å². The Balaban J connectivity index is 1.76. The third-order valence-electron chi connectivity index (χ3n) is 4.09. The Labute approximate surface area is 128 Å². The molecule has 0 bridgehead atoms. The second kappa shape index (κ2) is 5.23. The Morgan fingerprint density at radius 3 is 2.48 bits per heavy atom. The maximum absolute atomic E-state index is 13.1. The van der Waals surface area contributed by atoms with E-state index >= 15 is 0 Å². The molecule has 23 heavy (non-hydrogen) atoms. The van der Waals surface area contributed by atoms with Crippen LogP contribution in [-0.4, -0.2) is 40.8 Å². The monoisotopic (exact) mass is 331 g/mol. The Kier molecular flexibility index (Phi) is 3.59. The average molecular weight is 331 g/mol. The molecule has 0 atom stereocenters. The number of hydrogen-bond acceptors (Lipinski definition) is 3. The highest BCUT2D eigenvalue weighted by molar-refractivity contribution is 5.96. The number of halogens is 4. The van der Waals surface area contributed by atoms with E-state index in [-0.39, 0.29) is 18.8 Å². The highest BCUT2D eigenvalue weighted by Gasteiger charge is 2.55. The van der Waals surface area contributed by atoms with E-state index in [1.807, 2.05) is 0 Å². The molecule has 0 radical (unpaired) electrons. The van der Waals surface area contributed by atoms with Crippen molar-refractivity contribution in [3.63, 3.8) is 0 Å². The van der Waals surface area contributed by atoms with Gasteiger partial charge in [0, 0.05) is 31.3 Å². The number of rotatable bonds is 1. The molecule has 3 rings (SSSR count). The van der Waals surface area contributed by atoms with Gasteiger partial charge in [-0.3, -0.25) is 4.79 Å². The minimum absolute atomic E-state index is 0.0666. The van der Waals surface area contributed by atoms with Crippen LogP contribution in [0.2, 0.25) is 0 Å². The summed E-state index contributed by atoms with van der Waals surface area (Å²) < 4.78 is 56.7. The van der Waals surface area contributed by atoms with Crippen molar-refractivity contribution in [1.82, 2.24) is 4.90 Å². The van der Waals surface area contributed by atoms with Crippen LogP contribution in [-0.2, 0) is 0 Å². The van der Waals surface area contributed by atoms with E-state index in [9.17, 15) is 27.5 Å². The molecule has 1 aromatic carbocycles. The molecule has 1 aliphatic heterocycles. The number of carbonyl (C=O) groups excluding carboxylic acids is 1. The van der Waals surface area contributed by atoms with E-state index in [2.05, 4.69) is 0 Å². The molecule has 0 saturated carbocycles. The standard InChI is InChI=1S/C15H13F4NO3/c16-10-1-2-11-9(7-10)8-12(23-11)13(21)20-5-3-14(22,4-6-20)15(17,18)19/h1-2,7-8,22H,3-6H2. The third kappa shape index (κ3) is 2.78. The SMILES string of the molecule is O=C(c1cc2cc(F)ccc2o1)N1CCC(O)(C(F)(F)F)CC1. The van der Waals surface area contributed by atoms with E-state index in [4.69, 9.17) is 4.42 Å². The lowest BCUT2D eigenvalue weighted by Crippen LogP contribution is -2.54. The zero-order valence-corrected chi connectivity index (χ0v) is 11.9. The number of likely N-dealkylation sites (tertiary alicyclic amines) is 1. The van der Waals surface area contributed by atoms with Gasteiger partial charge in [0.25, 0.3) is 5.91 Å². The lowest BCUT2D eigenvalue weighted by molar-refractivity contribution is -0.271. The van der Waals surface area contributed by atoms with E-state index in [1.165, 1.54) is 29.2 Å². The highest BCUT2D eigenvalue weighted by Crippen LogP contribution is 2.38. The first-order valence-corrected chi connectivity index (χ1v) is 6.97. The van der Waals surface area contributed by atoms with Gasteiger partial charge in [-0.15, -0.1) is 0 Å². The Hall–Kier alpha value is -2.09. The normalized spacial score (nSPS) is 18.4. The van der Waals surface area contributed by atoms with Gasteiger partial charge in [-0.25, -0.2) is 4.39 Å². The summed E-state index contributed by atoms with van der Waals surface area (Å²) in [5.74, 6) is -1.13. The molecule has 0 aliphatic carbocycles. The Morgan fingerprint density at radius 1 is 1.22 bits per heavy atom. The molecule has 1 N–H and O–H groups in total. The number of furan rings is 1. The largest absolute Gasteiger partial charge is 0.451 e. The number of nitrogens with zero attached hydrogens (tertiary/aromatic N) is 1. The number of alkyl halides is 3. The second-order valence-corrected chi connectivity index (χ2v) is 5.61. The van der Waals surface area contributed by atoms with Crippen LogP contribution in [0.3, 0.4) is 0 Å². The first-order chi connectivity index (χ1) is 10.7. The maximum Gasteiger partial charge on any atom is 0.417 e. The summed E-state index contributed by atoms with van der Waals surface area (Å²) in [6.45, 7) is -0.472. The fourth-order valence-electron chi connectivity index (χ4n) is 2.64. The number of fused-ring (bicyclic) bond motifs is 1. The smallest absolute Gasteiger partial charge is 0.417 e. The van der Waals surface area contributed by atoms with Gasteiger partial charge in [-0.05, 0) is 24.3 Å². The zero-order valence-electron chi connectivity index (χ0n) is 11.9. The molecule has 4 nitrogen and oxygen atoms in total. The average Bonchev–Trinajstić information content (AvgIpc) is 2.89. The Morgan fingerprint density at radius 2 is 1.87 bits per heavy atom. The zero-order chi connectivity index (χ0) is 16.8. The van der Waals surface area contributed by atoms with E-state index in [0.717, 1.165) is 0 Å². The predicted molar refractivity (Wildman–Crippen MR) is 72.3 cm³/mol. The molecule has 8 heteroatoms. The quantitative estimate of drug-likeness (QED) is 0.817. The van der Waals surface area contributed by atoms with Gasteiger partial charge in [0.15, 0.2) is 11.4 Å². The van der Waals surface area contributed by atoms with E-state index in [1.54, 1.807) is 0 Å². The van der Waals surface area contributed by atoms with Gasteiger partial charge in [-0.2, -0.15) is 13.2 Å². The predicted octanol–water partition coefficient (Wildman–Crippen LogP) is 3.10. The Bertz CT molecular complexity index is 745. The second-order valence-electron chi connectivity index (χ2n) is 5.61. The van der Waals surface area contributed by atoms with Gasteiger partial charge in [-0.1, -0.05) is 0 Å². The first kappa shape index (κ1) is 15.8. The lowest BCUT2D eigenvalue weighted by atomic mass is 9.90. The molecule has 1 fully saturated rings. The molecule has 1 aromatic heterocycles. The van der Waals surface area contributed by atoms with E-state index in [0.29, 0.717) is 11.0 Å². The van der Waals surface area contributed by atoms with Gasteiger partial charge < -0.3 is 14.4 Å². The molecular formula is C15H13F4NO3. The molecule has 0 unspecified atom stereocenters. The number of amides is 1. The fourth-order valence-corrected chi connectivity index (χ4v) is 2.64. The van der Waals surface area contributed by atoms with Gasteiger partial charge >= 0.3 is 6.18 Å². The summed E-state index contributed by atoms with van der Waals surface area (Å²) in [5, 5.41) is 9.99. The van der Waals surface area contributed by atoms with Gasteiger partial charge in [0.2, 0.25) is 0 Å². The van der Waals surface area contributed by atoms with Crippen molar-refractivity contribution in [2.45, 2.75) is 24.6 Å². The van der Waals surface area contributed by atoms with Crippen LogP contribution in [0.1, 0.15) is 23.4 Å². The van der Waals surface area contributed by atoms with Crippen molar-refractivity contribution in [2.24, 2.45) is 0 Å². The first-order valence-electron chi connectivity index (χ1n) is 6.97.